The summed E-state index contributed by atoms with van der Waals surface area (Å²) in [6.45, 7) is 4.57. The van der Waals surface area contributed by atoms with Crippen LogP contribution in [0.15, 0.2) is 47.9 Å². The van der Waals surface area contributed by atoms with Crippen LogP contribution < -0.4 is 11.1 Å². The van der Waals surface area contributed by atoms with Gasteiger partial charge in [0, 0.05) is 29.9 Å². The number of fused-ring (bicyclic) bond motifs is 1. The second-order valence-electron chi connectivity index (χ2n) is 8.75. The van der Waals surface area contributed by atoms with Crippen LogP contribution in [0.4, 0.5) is 10.3 Å². The van der Waals surface area contributed by atoms with Crippen molar-refractivity contribution >= 4 is 11.7 Å². The van der Waals surface area contributed by atoms with Crippen LogP contribution in [0.25, 0.3) is 11.1 Å². The van der Waals surface area contributed by atoms with Crippen LogP contribution >= 0.6 is 0 Å². The average molecular weight is 447 g/mol. The van der Waals surface area contributed by atoms with Crippen LogP contribution in [0.1, 0.15) is 41.3 Å². The van der Waals surface area contributed by atoms with Gasteiger partial charge in [-0.15, -0.1) is 0 Å². The van der Waals surface area contributed by atoms with E-state index in [1.165, 1.54) is 6.07 Å². The van der Waals surface area contributed by atoms with Crippen molar-refractivity contribution in [1.29, 1.82) is 0 Å². The van der Waals surface area contributed by atoms with Crippen molar-refractivity contribution in [2.24, 2.45) is 11.1 Å². The lowest BCUT2D eigenvalue weighted by Crippen LogP contribution is -2.42. The Kier molecular flexibility index (Phi) is 6.00. The second-order valence-corrected chi connectivity index (χ2v) is 8.75. The molecule has 1 atom stereocenters. The normalized spacial score (nSPS) is 19.2. The minimum atomic E-state index is -0.279. The molecule has 1 unspecified atom stereocenters. The van der Waals surface area contributed by atoms with Crippen LogP contribution in [0, 0.1) is 18.7 Å². The highest BCUT2D eigenvalue weighted by Gasteiger charge is 2.30. The number of nitrogen functional groups attached to an aromatic ring is 1. The van der Waals surface area contributed by atoms with Crippen molar-refractivity contribution in [2.75, 3.05) is 25.4 Å². The molecule has 1 aromatic carbocycles. The quantitative estimate of drug-likeness (QED) is 0.443. The van der Waals surface area contributed by atoms with Gasteiger partial charge in [-0.3, -0.25) is 4.98 Å². The van der Waals surface area contributed by atoms with E-state index in [2.05, 4.69) is 25.4 Å². The molecule has 3 aromatic rings. The summed E-state index contributed by atoms with van der Waals surface area (Å²) in [6, 6.07) is 8.73. The number of aryl methyl sites for hydroxylation is 1. The molecular formula is C25H27FN6O. The van der Waals surface area contributed by atoms with Crippen LogP contribution in [0.2, 0.25) is 0 Å². The summed E-state index contributed by atoms with van der Waals surface area (Å²) in [7, 11) is 0. The topological polar surface area (TPSA) is 98.3 Å². The molecule has 2 aliphatic rings. The number of hydrogen-bond donors (Lipinski definition) is 2. The number of halogens is 1. The molecule has 8 heteroatoms. The number of anilines is 1. The number of rotatable bonds is 6. The molecule has 170 valence electrons. The first-order valence-electron chi connectivity index (χ1n) is 11.3. The molecular weight excluding hydrogens is 419 g/mol. The molecule has 33 heavy (non-hydrogen) atoms. The Morgan fingerprint density at radius 2 is 2.09 bits per heavy atom. The van der Waals surface area contributed by atoms with Crippen molar-refractivity contribution < 1.29 is 9.23 Å². The third-order valence-electron chi connectivity index (χ3n) is 6.44. The zero-order valence-electron chi connectivity index (χ0n) is 18.6. The monoisotopic (exact) mass is 446 g/mol. The van der Waals surface area contributed by atoms with Crippen molar-refractivity contribution in [3.05, 3.63) is 71.1 Å². The van der Waals surface area contributed by atoms with E-state index in [1.54, 1.807) is 18.5 Å². The molecule has 0 amide bonds. The highest BCUT2D eigenvalue weighted by atomic mass is 19.1. The molecule has 1 aliphatic heterocycles. The van der Waals surface area contributed by atoms with E-state index in [-0.39, 0.29) is 17.7 Å². The highest BCUT2D eigenvalue weighted by molar-refractivity contribution is 6.03. The minimum Gasteiger partial charge on any atom is -0.396 e. The molecule has 1 saturated heterocycles. The molecule has 0 spiro atoms. The number of benzene rings is 1. The lowest BCUT2D eigenvalue weighted by Gasteiger charge is -2.28. The maximum atomic E-state index is 14.2. The fraction of sp³-hybridized carbons (Fsp3) is 0.360. The van der Waals surface area contributed by atoms with E-state index < -0.39 is 0 Å². The molecule has 3 heterocycles. The summed E-state index contributed by atoms with van der Waals surface area (Å²) < 4.78 is 14.2. The van der Waals surface area contributed by atoms with Crippen molar-refractivity contribution in [3.63, 3.8) is 0 Å². The Balaban J connectivity index is 1.49. The van der Waals surface area contributed by atoms with Crippen LogP contribution in [-0.4, -0.2) is 40.4 Å². The van der Waals surface area contributed by atoms with Crippen molar-refractivity contribution in [3.8, 4) is 11.1 Å². The third-order valence-corrected chi connectivity index (χ3v) is 6.44. The fourth-order valence-corrected chi connectivity index (χ4v) is 4.67. The number of oxime groups is 1. The van der Waals surface area contributed by atoms with Gasteiger partial charge in [0.25, 0.3) is 0 Å². The first-order valence-corrected chi connectivity index (χ1v) is 11.3. The van der Waals surface area contributed by atoms with Gasteiger partial charge in [-0.25, -0.2) is 14.4 Å². The maximum Gasteiger partial charge on any atom is 0.220 e. The van der Waals surface area contributed by atoms with Gasteiger partial charge < -0.3 is 15.9 Å². The van der Waals surface area contributed by atoms with E-state index in [0.29, 0.717) is 25.4 Å². The Morgan fingerprint density at radius 3 is 2.85 bits per heavy atom. The molecule has 7 nitrogen and oxygen atoms in total. The molecule has 1 fully saturated rings. The Hall–Kier alpha value is -3.39. The fourth-order valence-electron chi connectivity index (χ4n) is 4.67. The van der Waals surface area contributed by atoms with Gasteiger partial charge >= 0.3 is 0 Å². The molecule has 1 aliphatic carbocycles. The summed E-state index contributed by atoms with van der Waals surface area (Å²) >= 11 is 0. The zero-order valence-corrected chi connectivity index (χ0v) is 18.6. The highest BCUT2D eigenvalue weighted by Crippen LogP contribution is 2.38. The van der Waals surface area contributed by atoms with Gasteiger partial charge in [0.1, 0.15) is 12.4 Å². The van der Waals surface area contributed by atoms with Crippen molar-refractivity contribution in [2.45, 2.75) is 32.1 Å². The van der Waals surface area contributed by atoms with Gasteiger partial charge in [-0.1, -0.05) is 17.3 Å². The maximum absolute atomic E-state index is 14.2. The van der Waals surface area contributed by atoms with Gasteiger partial charge in [0.2, 0.25) is 5.95 Å². The molecule has 0 radical (unpaired) electrons. The largest absolute Gasteiger partial charge is 0.396 e. The molecule has 2 aromatic heterocycles. The van der Waals surface area contributed by atoms with Gasteiger partial charge in [-0.2, -0.15) is 0 Å². The molecule has 5 rings (SSSR count). The van der Waals surface area contributed by atoms with E-state index in [1.807, 2.05) is 25.1 Å². The van der Waals surface area contributed by atoms with Gasteiger partial charge in [0.15, 0.2) is 0 Å². The van der Waals surface area contributed by atoms with Gasteiger partial charge in [0.05, 0.1) is 17.1 Å². The molecule has 0 bridgehead atoms. The standard InChI is InChI=1S/C25H27FN6O/c1-15-24-22(31-25(27)30-15)9-18(10-23(24)32-33-8-6-16-12-29-13-16)20-5-4-19(26)11-21(20)17-3-2-7-28-14-17/h2-5,7,11,14,16,18,29H,6,8-10,12-13H2,1H3,(H2,27,30,31)/b32-23+. The summed E-state index contributed by atoms with van der Waals surface area (Å²) in [5.74, 6) is 0.665. The first kappa shape index (κ1) is 21.5. The lowest BCUT2D eigenvalue weighted by atomic mass is 9.78. The predicted molar refractivity (Wildman–Crippen MR) is 125 cm³/mol. The zero-order chi connectivity index (χ0) is 22.8. The Bertz CT molecular complexity index is 1180. The first-order chi connectivity index (χ1) is 16.1. The number of pyridine rings is 1. The third kappa shape index (κ3) is 4.57. The Labute approximate surface area is 192 Å². The van der Waals surface area contributed by atoms with Crippen LogP contribution in [0.3, 0.4) is 0 Å². The van der Waals surface area contributed by atoms with E-state index in [0.717, 1.165) is 58.9 Å². The second kappa shape index (κ2) is 9.23. The number of hydrogen-bond acceptors (Lipinski definition) is 7. The smallest absolute Gasteiger partial charge is 0.220 e. The summed E-state index contributed by atoms with van der Waals surface area (Å²) in [5.41, 5.74) is 12.1. The number of aromatic nitrogens is 3. The van der Waals surface area contributed by atoms with E-state index in [4.69, 9.17) is 10.6 Å². The number of nitrogens with one attached hydrogen (secondary N) is 1. The van der Waals surface area contributed by atoms with Crippen LogP contribution in [-0.2, 0) is 11.3 Å². The van der Waals surface area contributed by atoms with Crippen LogP contribution in [0.5, 0.6) is 0 Å². The predicted octanol–water partition coefficient (Wildman–Crippen LogP) is 3.63. The summed E-state index contributed by atoms with van der Waals surface area (Å²) in [6.07, 6.45) is 5.75. The Morgan fingerprint density at radius 1 is 1.21 bits per heavy atom. The lowest BCUT2D eigenvalue weighted by molar-refractivity contribution is 0.118. The minimum absolute atomic E-state index is 0.0418. The number of nitrogens with two attached hydrogens (primary N) is 1. The van der Waals surface area contributed by atoms with Gasteiger partial charge in [-0.05, 0) is 74.0 Å². The summed E-state index contributed by atoms with van der Waals surface area (Å²) in [5, 5.41) is 7.80. The SMILES string of the molecule is Cc1nc(N)nc2c1/C(=N/OCCC1CNC1)CC(c1ccc(F)cc1-c1cccnc1)C2. The molecule has 0 saturated carbocycles. The molecule has 3 N–H and O–H groups in total. The number of nitrogens with zero attached hydrogens (tertiary/aromatic N) is 4. The van der Waals surface area contributed by atoms with Crippen molar-refractivity contribution in [1.82, 2.24) is 20.3 Å². The summed E-state index contributed by atoms with van der Waals surface area (Å²) in [4.78, 5) is 18.9. The van der Waals surface area contributed by atoms with E-state index in [9.17, 15) is 4.39 Å². The van der Waals surface area contributed by atoms with E-state index >= 15 is 0 Å². The average Bonchev–Trinajstić information content (AvgIpc) is 2.77.